The Morgan fingerprint density at radius 3 is 2.62 bits per heavy atom. The lowest BCUT2D eigenvalue weighted by atomic mass is 10.2. The smallest absolute Gasteiger partial charge is 0.119 e. The van der Waals surface area contributed by atoms with Crippen LogP contribution in [0.3, 0.4) is 0 Å². The van der Waals surface area contributed by atoms with Crippen molar-refractivity contribution < 1.29 is 4.74 Å². The van der Waals surface area contributed by atoms with Gasteiger partial charge in [-0.1, -0.05) is 15.9 Å². The fourth-order valence-corrected chi connectivity index (χ4v) is 2.57. The van der Waals surface area contributed by atoms with E-state index in [0.717, 1.165) is 27.3 Å². The molecule has 1 aromatic carbocycles. The van der Waals surface area contributed by atoms with Gasteiger partial charge >= 0.3 is 0 Å². The molecule has 1 heterocycles. The van der Waals surface area contributed by atoms with E-state index in [0.29, 0.717) is 6.61 Å². The molecular formula is C12H12BrNOS. The van der Waals surface area contributed by atoms with Crippen LogP contribution in [0.15, 0.2) is 29.6 Å². The van der Waals surface area contributed by atoms with Crippen molar-refractivity contribution in [1.29, 1.82) is 0 Å². The quantitative estimate of drug-likeness (QED) is 0.793. The zero-order valence-electron chi connectivity index (χ0n) is 8.94. The zero-order chi connectivity index (χ0) is 11.4. The molecule has 0 spiro atoms. The Morgan fingerprint density at radius 1 is 1.31 bits per heavy atom. The third-order valence-corrected chi connectivity index (χ3v) is 3.88. The van der Waals surface area contributed by atoms with Gasteiger partial charge < -0.3 is 4.74 Å². The third-order valence-electron chi connectivity index (χ3n) is 2.13. The Hall–Kier alpha value is -0.870. The molecule has 0 radical (unpaired) electrons. The second-order valence-electron chi connectivity index (χ2n) is 3.22. The van der Waals surface area contributed by atoms with E-state index in [1.54, 1.807) is 11.3 Å². The van der Waals surface area contributed by atoms with Crippen LogP contribution in [0.5, 0.6) is 5.75 Å². The zero-order valence-corrected chi connectivity index (χ0v) is 11.3. The molecule has 0 bridgehead atoms. The van der Waals surface area contributed by atoms with Gasteiger partial charge in [0, 0.05) is 10.9 Å². The molecule has 0 aliphatic carbocycles. The number of ether oxygens (including phenoxy) is 1. The van der Waals surface area contributed by atoms with Gasteiger partial charge in [-0.05, 0) is 31.2 Å². The maximum Gasteiger partial charge on any atom is 0.119 e. The Balaban J connectivity index is 2.20. The number of benzene rings is 1. The molecular weight excluding hydrogens is 286 g/mol. The molecule has 2 nitrogen and oxygen atoms in total. The van der Waals surface area contributed by atoms with Gasteiger partial charge in [-0.15, -0.1) is 11.3 Å². The molecule has 16 heavy (non-hydrogen) atoms. The molecule has 0 saturated heterocycles. The molecule has 0 aliphatic rings. The Labute approximate surface area is 107 Å². The van der Waals surface area contributed by atoms with Crippen molar-refractivity contribution in [3.63, 3.8) is 0 Å². The number of nitrogens with zero attached hydrogens (tertiary/aromatic N) is 1. The molecule has 2 rings (SSSR count). The summed E-state index contributed by atoms with van der Waals surface area (Å²) in [6.45, 7) is 2.68. The van der Waals surface area contributed by atoms with Gasteiger partial charge in [-0.2, -0.15) is 0 Å². The highest BCUT2D eigenvalue weighted by Crippen LogP contribution is 2.24. The van der Waals surface area contributed by atoms with Crippen LogP contribution in [0.2, 0.25) is 0 Å². The first-order valence-electron chi connectivity index (χ1n) is 5.07. The number of rotatable bonds is 4. The largest absolute Gasteiger partial charge is 0.494 e. The van der Waals surface area contributed by atoms with E-state index in [1.807, 2.05) is 31.2 Å². The van der Waals surface area contributed by atoms with Gasteiger partial charge in [0.05, 0.1) is 17.6 Å². The number of hydrogen-bond donors (Lipinski definition) is 0. The predicted octanol–water partition coefficient (Wildman–Crippen LogP) is 4.10. The van der Waals surface area contributed by atoms with Crippen molar-refractivity contribution in [3.05, 3.63) is 34.7 Å². The second kappa shape index (κ2) is 5.46. The maximum absolute atomic E-state index is 5.40. The SMILES string of the molecule is CCOc1ccc(-c2csc(CBr)n2)cc1. The summed E-state index contributed by atoms with van der Waals surface area (Å²) < 4.78 is 5.40. The van der Waals surface area contributed by atoms with Gasteiger partial charge in [0.25, 0.3) is 0 Å². The van der Waals surface area contributed by atoms with Crippen molar-refractivity contribution in [2.75, 3.05) is 6.61 Å². The summed E-state index contributed by atoms with van der Waals surface area (Å²) in [5, 5.41) is 3.99. The summed E-state index contributed by atoms with van der Waals surface area (Å²) in [6, 6.07) is 8.04. The highest BCUT2D eigenvalue weighted by atomic mass is 79.9. The number of halogens is 1. The highest BCUT2D eigenvalue weighted by molar-refractivity contribution is 9.08. The molecule has 84 valence electrons. The maximum atomic E-state index is 5.40. The van der Waals surface area contributed by atoms with Crippen LogP contribution in [0, 0.1) is 0 Å². The van der Waals surface area contributed by atoms with Crippen LogP contribution < -0.4 is 4.74 Å². The molecule has 0 N–H and O–H groups in total. The normalized spacial score (nSPS) is 10.4. The van der Waals surface area contributed by atoms with Crippen molar-refractivity contribution in [1.82, 2.24) is 4.98 Å². The Morgan fingerprint density at radius 2 is 2.06 bits per heavy atom. The average molecular weight is 298 g/mol. The van der Waals surface area contributed by atoms with Gasteiger partial charge in [0.15, 0.2) is 0 Å². The molecule has 1 aromatic heterocycles. The van der Waals surface area contributed by atoms with Gasteiger partial charge in [0.1, 0.15) is 10.8 Å². The lowest BCUT2D eigenvalue weighted by Gasteiger charge is -2.03. The Kier molecular flexibility index (Phi) is 3.96. The van der Waals surface area contributed by atoms with E-state index >= 15 is 0 Å². The van der Waals surface area contributed by atoms with Crippen LogP contribution in [-0.2, 0) is 5.33 Å². The van der Waals surface area contributed by atoms with E-state index in [1.165, 1.54) is 0 Å². The summed E-state index contributed by atoms with van der Waals surface area (Å²) in [5.74, 6) is 0.905. The first-order valence-corrected chi connectivity index (χ1v) is 7.07. The standard InChI is InChI=1S/C12H12BrNOS/c1-2-15-10-5-3-9(4-6-10)11-8-16-12(7-13)14-11/h3-6,8H,2,7H2,1H3. The minimum Gasteiger partial charge on any atom is -0.494 e. The summed E-state index contributed by atoms with van der Waals surface area (Å²) in [5.41, 5.74) is 2.16. The number of aromatic nitrogens is 1. The van der Waals surface area contributed by atoms with Crippen molar-refractivity contribution >= 4 is 27.3 Å². The summed E-state index contributed by atoms with van der Waals surface area (Å²) in [6.07, 6.45) is 0. The first-order chi connectivity index (χ1) is 7.83. The van der Waals surface area contributed by atoms with Gasteiger partial charge in [-0.3, -0.25) is 0 Å². The van der Waals surface area contributed by atoms with Crippen LogP contribution in [0.4, 0.5) is 0 Å². The van der Waals surface area contributed by atoms with Crippen molar-refractivity contribution in [3.8, 4) is 17.0 Å². The summed E-state index contributed by atoms with van der Waals surface area (Å²) >= 11 is 5.07. The summed E-state index contributed by atoms with van der Waals surface area (Å²) in [7, 11) is 0. The molecule has 0 aliphatic heterocycles. The van der Waals surface area contributed by atoms with Crippen LogP contribution >= 0.6 is 27.3 Å². The van der Waals surface area contributed by atoms with Crippen LogP contribution in [-0.4, -0.2) is 11.6 Å². The monoisotopic (exact) mass is 297 g/mol. The van der Waals surface area contributed by atoms with E-state index in [2.05, 4.69) is 26.3 Å². The van der Waals surface area contributed by atoms with E-state index in [-0.39, 0.29) is 0 Å². The van der Waals surface area contributed by atoms with Gasteiger partial charge in [0.2, 0.25) is 0 Å². The van der Waals surface area contributed by atoms with E-state index in [9.17, 15) is 0 Å². The molecule has 4 heteroatoms. The lowest BCUT2D eigenvalue weighted by molar-refractivity contribution is 0.340. The van der Waals surface area contributed by atoms with E-state index in [4.69, 9.17) is 4.74 Å². The molecule has 0 atom stereocenters. The van der Waals surface area contributed by atoms with Crippen LogP contribution in [0.25, 0.3) is 11.3 Å². The van der Waals surface area contributed by atoms with Crippen molar-refractivity contribution in [2.45, 2.75) is 12.3 Å². The van der Waals surface area contributed by atoms with E-state index < -0.39 is 0 Å². The topological polar surface area (TPSA) is 22.1 Å². The number of thiazole rings is 1. The molecule has 0 saturated carbocycles. The molecule has 0 unspecified atom stereocenters. The molecule has 0 amide bonds. The fourth-order valence-electron chi connectivity index (χ4n) is 1.39. The second-order valence-corrected chi connectivity index (χ2v) is 4.72. The number of hydrogen-bond acceptors (Lipinski definition) is 3. The molecule has 2 aromatic rings. The first kappa shape index (κ1) is 11.6. The Bertz CT molecular complexity index is 452. The predicted molar refractivity (Wildman–Crippen MR) is 71.4 cm³/mol. The minimum atomic E-state index is 0.698. The third kappa shape index (κ3) is 2.62. The average Bonchev–Trinajstić information content (AvgIpc) is 2.79. The minimum absolute atomic E-state index is 0.698. The number of alkyl halides is 1. The highest BCUT2D eigenvalue weighted by Gasteiger charge is 2.03. The van der Waals surface area contributed by atoms with Crippen LogP contribution in [0.1, 0.15) is 11.9 Å². The summed E-state index contributed by atoms with van der Waals surface area (Å²) in [4.78, 5) is 4.51. The fraction of sp³-hybridized carbons (Fsp3) is 0.250. The molecule has 0 fully saturated rings. The van der Waals surface area contributed by atoms with Crippen molar-refractivity contribution in [2.24, 2.45) is 0 Å². The lowest BCUT2D eigenvalue weighted by Crippen LogP contribution is -1.90. The van der Waals surface area contributed by atoms with Gasteiger partial charge in [-0.25, -0.2) is 4.98 Å².